The van der Waals surface area contributed by atoms with Crippen molar-refractivity contribution in [2.45, 2.75) is 32.7 Å². The van der Waals surface area contributed by atoms with Crippen molar-refractivity contribution in [3.05, 3.63) is 32.7 Å². The molecule has 1 atom stereocenters. The quantitative estimate of drug-likeness (QED) is 0.895. The Bertz CT molecular complexity index is 700. The van der Waals surface area contributed by atoms with Gasteiger partial charge in [0.2, 0.25) is 0 Å². The molecular weight excluding hydrogens is 330 g/mol. The lowest BCUT2D eigenvalue weighted by Crippen LogP contribution is -2.19. The number of hydrogen-bond donors (Lipinski definition) is 1. The van der Waals surface area contributed by atoms with Crippen LogP contribution in [-0.2, 0) is 14.1 Å². The Kier molecular flexibility index (Phi) is 4.94. The summed E-state index contributed by atoms with van der Waals surface area (Å²) >= 11 is 3.67. The number of benzene rings is 1. The van der Waals surface area contributed by atoms with Crippen LogP contribution >= 0.6 is 15.9 Å². The highest BCUT2D eigenvalue weighted by Gasteiger charge is 2.17. The van der Waals surface area contributed by atoms with Crippen LogP contribution in [-0.4, -0.2) is 16.2 Å². The zero-order chi connectivity index (χ0) is 15.7. The lowest BCUT2D eigenvalue weighted by atomic mass is 9.97. The summed E-state index contributed by atoms with van der Waals surface area (Å²) in [5, 5.41) is 3.40. The van der Waals surface area contributed by atoms with E-state index in [1.54, 1.807) is 9.13 Å². The molecule has 1 unspecified atom stereocenters. The molecule has 0 fully saturated rings. The highest BCUT2D eigenvalue weighted by molar-refractivity contribution is 9.10. The maximum atomic E-state index is 12.1. The van der Waals surface area contributed by atoms with Gasteiger partial charge in [0, 0.05) is 24.6 Å². The van der Waals surface area contributed by atoms with Crippen molar-refractivity contribution in [2.75, 3.05) is 7.05 Å². The van der Waals surface area contributed by atoms with E-state index in [0.717, 1.165) is 21.9 Å². The average Bonchev–Trinajstić information content (AvgIpc) is 2.64. The van der Waals surface area contributed by atoms with Gasteiger partial charge >= 0.3 is 5.69 Å². The van der Waals surface area contributed by atoms with E-state index < -0.39 is 0 Å². The average molecular weight is 354 g/mol. The molecule has 1 N–H and O–H groups in total. The Morgan fingerprint density at radius 2 is 1.71 bits per heavy atom. The van der Waals surface area contributed by atoms with Gasteiger partial charge in [-0.25, -0.2) is 4.79 Å². The fourth-order valence-electron chi connectivity index (χ4n) is 2.76. The number of nitrogens with one attached hydrogen (secondary N) is 1. The Balaban J connectivity index is 2.51. The van der Waals surface area contributed by atoms with E-state index in [0.29, 0.717) is 12.0 Å². The van der Waals surface area contributed by atoms with E-state index in [-0.39, 0.29) is 5.69 Å². The van der Waals surface area contributed by atoms with E-state index in [1.165, 1.54) is 12.0 Å². The number of hydrogen-bond acceptors (Lipinski definition) is 2. The van der Waals surface area contributed by atoms with Crippen LogP contribution in [0.4, 0.5) is 0 Å². The maximum absolute atomic E-state index is 12.1. The summed E-state index contributed by atoms with van der Waals surface area (Å²) in [4.78, 5) is 12.1. The van der Waals surface area contributed by atoms with E-state index >= 15 is 0 Å². The molecule has 0 saturated carbocycles. The van der Waals surface area contributed by atoms with Gasteiger partial charge in [0.05, 0.1) is 11.0 Å². The highest BCUT2D eigenvalue weighted by atomic mass is 79.9. The van der Waals surface area contributed by atoms with Gasteiger partial charge in [0.1, 0.15) is 0 Å². The summed E-state index contributed by atoms with van der Waals surface area (Å²) in [6.07, 6.45) is 2.25. The van der Waals surface area contributed by atoms with Crippen LogP contribution < -0.4 is 11.0 Å². The minimum Gasteiger partial charge on any atom is -0.313 e. The lowest BCUT2D eigenvalue weighted by Gasteiger charge is -2.19. The summed E-state index contributed by atoms with van der Waals surface area (Å²) in [5.74, 6) is 0.685. The second-order valence-corrected chi connectivity index (χ2v) is 6.93. The van der Waals surface area contributed by atoms with Crippen molar-refractivity contribution in [3.8, 4) is 0 Å². The van der Waals surface area contributed by atoms with Crippen molar-refractivity contribution < 1.29 is 0 Å². The van der Waals surface area contributed by atoms with Gasteiger partial charge in [0.15, 0.2) is 0 Å². The predicted molar refractivity (Wildman–Crippen MR) is 91.7 cm³/mol. The summed E-state index contributed by atoms with van der Waals surface area (Å²) in [6.45, 7) is 4.48. The standard InChI is InChI=1S/C16H24BrN3O/c1-10(2)6-7-13(18-3)11-8-14-15(9-12(11)17)20(5)16(21)19(14)4/h8-10,13,18H,6-7H2,1-5H3. The largest absolute Gasteiger partial charge is 0.328 e. The molecule has 0 aliphatic carbocycles. The third-order valence-corrected chi connectivity index (χ3v) is 4.83. The summed E-state index contributed by atoms with van der Waals surface area (Å²) in [7, 11) is 5.63. The number of fused-ring (bicyclic) bond motifs is 1. The Morgan fingerprint density at radius 3 is 2.24 bits per heavy atom. The van der Waals surface area contributed by atoms with Gasteiger partial charge in [-0.2, -0.15) is 0 Å². The van der Waals surface area contributed by atoms with Crippen LogP contribution in [0.5, 0.6) is 0 Å². The maximum Gasteiger partial charge on any atom is 0.328 e. The lowest BCUT2D eigenvalue weighted by molar-refractivity contribution is 0.464. The van der Waals surface area contributed by atoms with Crippen LogP contribution in [0.25, 0.3) is 11.0 Å². The minimum absolute atomic E-state index is 0.0113. The molecule has 0 amide bonds. The fourth-order valence-corrected chi connectivity index (χ4v) is 3.37. The predicted octanol–water partition coefficient (Wildman–Crippen LogP) is 3.34. The number of aryl methyl sites for hydroxylation is 2. The molecule has 4 nitrogen and oxygen atoms in total. The molecule has 0 aliphatic rings. The van der Waals surface area contributed by atoms with Crippen molar-refractivity contribution in [1.29, 1.82) is 0 Å². The zero-order valence-electron chi connectivity index (χ0n) is 13.4. The Hall–Kier alpha value is -1.07. The molecule has 1 heterocycles. The molecule has 2 aromatic rings. The van der Waals surface area contributed by atoms with Gasteiger partial charge in [0.25, 0.3) is 0 Å². The smallest absolute Gasteiger partial charge is 0.313 e. The Morgan fingerprint density at radius 1 is 1.14 bits per heavy atom. The summed E-state index contributed by atoms with van der Waals surface area (Å²) < 4.78 is 4.45. The molecule has 0 aliphatic heterocycles. The molecule has 0 spiro atoms. The van der Waals surface area contributed by atoms with E-state index in [1.807, 2.05) is 27.2 Å². The number of aromatic nitrogens is 2. The van der Waals surface area contributed by atoms with E-state index in [4.69, 9.17) is 0 Å². The molecule has 0 saturated heterocycles. The van der Waals surface area contributed by atoms with E-state index in [9.17, 15) is 4.79 Å². The van der Waals surface area contributed by atoms with Crippen molar-refractivity contribution in [1.82, 2.24) is 14.5 Å². The van der Waals surface area contributed by atoms with Gasteiger partial charge in [-0.05, 0) is 43.5 Å². The minimum atomic E-state index is 0.0113. The number of nitrogens with zero attached hydrogens (tertiary/aromatic N) is 2. The fraction of sp³-hybridized carbons (Fsp3) is 0.562. The molecule has 2 rings (SSSR count). The van der Waals surface area contributed by atoms with Crippen LogP contribution in [0.1, 0.15) is 38.3 Å². The van der Waals surface area contributed by atoms with Gasteiger partial charge in [-0.15, -0.1) is 0 Å². The first kappa shape index (κ1) is 16.3. The second kappa shape index (κ2) is 6.36. The second-order valence-electron chi connectivity index (χ2n) is 6.08. The van der Waals surface area contributed by atoms with Crippen LogP contribution in [0.3, 0.4) is 0 Å². The molecule has 0 radical (unpaired) electrons. The third-order valence-electron chi connectivity index (χ3n) is 4.15. The van der Waals surface area contributed by atoms with Crippen LogP contribution in [0.15, 0.2) is 21.4 Å². The van der Waals surface area contributed by atoms with Crippen LogP contribution in [0, 0.1) is 5.92 Å². The SMILES string of the molecule is CNC(CCC(C)C)c1cc2c(cc1Br)n(C)c(=O)n2C. The first-order valence-corrected chi connectivity index (χ1v) is 8.18. The number of halogens is 1. The van der Waals surface area contributed by atoms with Crippen molar-refractivity contribution in [3.63, 3.8) is 0 Å². The topological polar surface area (TPSA) is 39.0 Å². The molecule has 21 heavy (non-hydrogen) atoms. The zero-order valence-corrected chi connectivity index (χ0v) is 15.0. The number of imidazole rings is 1. The molecular formula is C16H24BrN3O. The van der Waals surface area contributed by atoms with Crippen LogP contribution in [0.2, 0.25) is 0 Å². The molecule has 5 heteroatoms. The highest BCUT2D eigenvalue weighted by Crippen LogP contribution is 2.31. The number of rotatable bonds is 5. The molecule has 1 aromatic carbocycles. The van der Waals surface area contributed by atoms with E-state index in [2.05, 4.69) is 41.2 Å². The summed E-state index contributed by atoms with van der Waals surface area (Å²) in [5.41, 5.74) is 3.16. The molecule has 116 valence electrons. The van der Waals surface area contributed by atoms with Gasteiger partial charge in [-0.1, -0.05) is 29.8 Å². The molecule has 1 aromatic heterocycles. The first-order chi connectivity index (χ1) is 9.86. The van der Waals surface area contributed by atoms with Gasteiger partial charge in [-0.3, -0.25) is 9.13 Å². The molecule has 0 bridgehead atoms. The third kappa shape index (κ3) is 3.09. The Labute approximate surface area is 134 Å². The monoisotopic (exact) mass is 353 g/mol. The van der Waals surface area contributed by atoms with Crippen molar-refractivity contribution >= 4 is 27.0 Å². The van der Waals surface area contributed by atoms with Gasteiger partial charge < -0.3 is 5.32 Å². The van der Waals surface area contributed by atoms with Crippen molar-refractivity contribution in [2.24, 2.45) is 20.0 Å². The first-order valence-electron chi connectivity index (χ1n) is 7.39. The normalized spacial score (nSPS) is 13.3. The summed E-state index contributed by atoms with van der Waals surface area (Å²) in [6, 6.07) is 4.47.